The maximum atomic E-state index is 3.60. The van der Waals surface area contributed by atoms with Gasteiger partial charge in [-0.15, -0.1) is 0 Å². The lowest BCUT2D eigenvalue weighted by atomic mass is 10.00. The molecule has 20 heavy (non-hydrogen) atoms. The molecule has 2 saturated carbocycles. The normalized spacial score (nSPS) is 35.2. The summed E-state index contributed by atoms with van der Waals surface area (Å²) in [5.41, 5.74) is 0. The van der Waals surface area contributed by atoms with E-state index in [-0.39, 0.29) is 0 Å². The molecule has 1 saturated heterocycles. The Bertz CT molecular complexity index is 280. The van der Waals surface area contributed by atoms with Crippen LogP contribution in [-0.2, 0) is 0 Å². The van der Waals surface area contributed by atoms with Crippen LogP contribution in [0.5, 0.6) is 0 Å². The van der Waals surface area contributed by atoms with Crippen LogP contribution >= 0.6 is 0 Å². The third-order valence-electron chi connectivity index (χ3n) is 6.01. The second-order valence-corrected chi connectivity index (χ2v) is 7.11. The lowest BCUT2D eigenvalue weighted by molar-refractivity contribution is 0.0556. The van der Waals surface area contributed by atoms with Crippen LogP contribution in [0.25, 0.3) is 0 Å². The third kappa shape index (κ3) is 3.37. The lowest BCUT2D eigenvalue weighted by Gasteiger charge is -2.43. The Balaban J connectivity index is 1.53. The minimum absolute atomic E-state index is 0.732. The van der Waals surface area contributed by atoms with Crippen LogP contribution in [0.15, 0.2) is 0 Å². The minimum Gasteiger partial charge on any atom is -0.315 e. The number of hydrogen-bond acceptors (Lipinski definition) is 3. The molecule has 116 valence electrons. The summed E-state index contributed by atoms with van der Waals surface area (Å²) >= 11 is 0. The minimum atomic E-state index is 0.732. The van der Waals surface area contributed by atoms with Crippen molar-refractivity contribution in [2.45, 2.75) is 75.9 Å². The second kappa shape index (κ2) is 7.24. The Morgan fingerprint density at radius 2 is 1.30 bits per heavy atom. The van der Waals surface area contributed by atoms with Gasteiger partial charge in [-0.3, -0.25) is 9.80 Å². The summed E-state index contributed by atoms with van der Waals surface area (Å²) in [6.45, 7) is 5.24. The average Bonchev–Trinajstić information content (AvgIpc) is 2.92. The Kier molecular flexibility index (Phi) is 5.36. The molecule has 3 aliphatic rings. The molecule has 2 aliphatic carbocycles. The quantitative estimate of drug-likeness (QED) is 0.801. The summed E-state index contributed by atoms with van der Waals surface area (Å²) in [6.07, 6.45) is 12.9. The Morgan fingerprint density at radius 1 is 0.700 bits per heavy atom. The first-order valence-corrected chi connectivity index (χ1v) is 9.04. The van der Waals surface area contributed by atoms with Gasteiger partial charge in [0.05, 0.1) is 0 Å². The fourth-order valence-corrected chi connectivity index (χ4v) is 4.77. The first kappa shape index (κ1) is 14.8. The summed E-state index contributed by atoms with van der Waals surface area (Å²) in [5, 5.41) is 3.60. The number of likely N-dealkylation sites (N-methyl/N-ethyl adjacent to an activating group) is 1. The van der Waals surface area contributed by atoms with Crippen molar-refractivity contribution >= 4 is 0 Å². The average molecular weight is 279 g/mol. The SMILES string of the molecule is CNC1CCCCCC1N1CCN(C2CCCC2)CC1. The summed E-state index contributed by atoms with van der Waals surface area (Å²) < 4.78 is 0. The first-order chi connectivity index (χ1) is 9.88. The molecule has 0 spiro atoms. The molecule has 3 heteroatoms. The summed E-state index contributed by atoms with van der Waals surface area (Å²) in [5.74, 6) is 0. The first-order valence-electron chi connectivity index (χ1n) is 9.04. The molecule has 0 aromatic heterocycles. The highest BCUT2D eigenvalue weighted by atomic mass is 15.3. The lowest BCUT2D eigenvalue weighted by Crippen LogP contribution is -2.57. The molecule has 3 nitrogen and oxygen atoms in total. The van der Waals surface area contributed by atoms with E-state index in [9.17, 15) is 0 Å². The van der Waals surface area contributed by atoms with Gasteiger partial charge in [0.2, 0.25) is 0 Å². The van der Waals surface area contributed by atoms with E-state index < -0.39 is 0 Å². The van der Waals surface area contributed by atoms with E-state index in [0.717, 1.165) is 18.1 Å². The Morgan fingerprint density at radius 3 is 2.00 bits per heavy atom. The summed E-state index contributed by atoms with van der Waals surface area (Å²) in [7, 11) is 2.16. The molecule has 1 heterocycles. The van der Waals surface area contributed by atoms with E-state index >= 15 is 0 Å². The largest absolute Gasteiger partial charge is 0.315 e. The van der Waals surface area contributed by atoms with Crippen molar-refractivity contribution in [3.05, 3.63) is 0 Å². The van der Waals surface area contributed by atoms with Gasteiger partial charge in [0.25, 0.3) is 0 Å². The van der Waals surface area contributed by atoms with E-state index in [1.165, 1.54) is 84.0 Å². The fourth-order valence-electron chi connectivity index (χ4n) is 4.77. The van der Waals surface area contributed by atoms with Crippen molar-refractivity contribution in [1.29, 1.82) is 0 Å². The highest BCUT2D eigenvalue weighted by Gasteiger charge is 2.32. The monoisotopic (exact) mass is 279 g/mol. The maximum Gasteiger partial charge on any atom is 0.0250 e. The maximum absolute atomic E-state index is 3.60. The zero-order valence-corrected chi connectivity index (χ0v) is 13.3. The summed E-state index contributed by atoms with van der Waals surface area (Å²) in [4.78, 5) is 5.59. The van der Waals surface area contributed by atoms with Gasteiger partial charge in [-0.1, -0.05) is 32.1 Å². The molecule has 3 rings (SSSR count). The van der Waals surface area contributed by atoms with E-state index in [0.29, 0.717) is 0 Å². The van der Waals surface area contributed by atoms with Crippen LogP contribution < -0.4 is 5.32 Å². The summed E-state index contributed by atoms with van der Waals surface area (Å²) in [6, 6.07) is 2.45. The van der Waals surface area contributed by atoms with Crippen LogP contribution in [0.2, 0.25) is 0 Å². The van der Waals surface area contributed by atoms with Gasteiger partial charge in [0.1, 0.15) is 0 Å². The van der Waals surface area contributed by atoms with E-state index in [2.05, 4.69) is 22.2 Å². The number of nitrogens with zero attached hydrogens (tertiary/aromatic N) is 2. The highest BCUT2D eigenvalue weighted by molar-refractivity contribution is 4.90. The van der Waals surface area contributed by atoms with Crippen LogP contribution in [0.3, 0.4) is 0 Å². The van der Waals surface area contributed by atoms with Crippen molar-refractivity contribution in [2.24, 2.45) is 0 Å². The molecule has 2 unspecified atom stereocenters. The molecule has 0 amide bonds. The molecule has 3 fully saturated rings. The zero-order chi connectivity index (χ0) is 13.8. The standard InChI is InChI=1S/C17H33N3/c1-18-16-9-3-2-4-10-17(16)20-13-11-19(12-14-20)15-7-5-6-8-15/h15-18H,2-14H2,1H3. The number of rotatable bonds is 3. The number of hydrogen-bond donors (Lipinski definition) is 1. The van der Waals surface area contributed by atoms with Crippen LogP contribution in [0.1, 0.15) is 57.8 Å². The van der Waals surface area contributed by atoms with Crippen LogP contribution in [0.4, 0.5) is 0 Å². The molecule has 0 aromatic carbocycles. The van der Waals surface area contributed by atoms with Gasteiger partial charge in [-0.05, 0) is 32.7 Å². The smallest absolute Gasteiger partial charge is 0.0250 e. The Hall–Kier alpha value is -0.120. The molecule has 0 bridgehead atoms. The zero-order valence-electron chi connectivity index (χ0n) is 13.3. The van der Waals surface area contributed by atoms with E-state index in [1.807, 2.05) is 0 Å². The third-order valence-corrected chi connectivity index (χ3v) is 6.01. The van der Waals surface area contributed by atoms with Gasteiger partial charge >= 0.3 is 0 Å². The topological polar surface area (TPSA) is 18.5 Å². The number of nitrogens with one attached hydrogen (secondary N) is 1. The van der Waals surface area contributed by atoms with Crippen molar-refractivity contribution in [3.8, 4) is 0 Å². The molecular weight excluding hydrogens is 246 g/mol. The van der Waals surface area contributed by atoms with Crippen LogP contribution in [0, 0.1) is 0 Å². The molecule has 2 atom stereocenters. The molecular formula is C17H33N3. The van der Waals surface area contributed by atoms with Gasteiger partial charge in [0, 0.05) is 44.3 Å². The molecule has 1 N–H and O–H groups in total. The number of piperazine rings is 1. The predicted molar refractivity (Wildman–Crippen MR) is 85.1 cm³/mol. The van der Waals surface area contributed by atoms with Crippen LogP contribution in [-0.4, -0.2) is 61.2 Å². The second-order valence-electron chi connectivity index (χ2n) is 7.11. The van der Waals surface area contributed by atoms with E-state index in [1.54, 1.807) is 0 Å². The molecule has 0 aromatic rings. The van der Waals surface area contributed by atoms with Gasteiger partial charge < -0.3 is 5.32 Å². The van der Waals surface area contributed by atoms with Gasteiger partial charge in [0.15, 0.2) is 0 Å². The predicted octanol–water partition coefficient (Wildman–Crippen LogP) is 2.47. The highest BCUT2D eigenvalue weighted by Crippen LogP contribution is 2.27. The Labute approximate surface area is 125 Å². The molecule has 1 aliphatic heterocycles. The van der Waals surface area contributed by atoms with E-state index in [4.69, 9.17) is 0 Å². The van der Waals surface area contributed by atoms with Crippen molar-refractivity contribution in [3.63, 3.8) is 0 Å². The molecule has 0 radical (unpaired) electrons. The van der Waals surface area contributed by atoms with Gasteiger partial charge in [-0.25, -0.2) is 0 Å². The van der Waals surface area contributed by atoms with Crippen molar-refractivity contribution < 1.29 is 0 Å². The van der Waals surface area contributed by atoms with Crippen molar-refractivity contribution in [1.82, 2.24) is 15.1 Å². The van der Waals surface area contributed by atoms with Crippen molar-refractivity contribution in [2.75, 3.05) is 33.2 Å². The fraction of sp³-hybridized carbons (Fsp3) is 1.00. The van der Waals surface area contributed by atoms with Gasteiger partial charge in [-0.2, -0.15) is 0 Å².